The zero-order valence-corrected chi connectivity index (χ0v) is 9.76. The average Bonchev–Trinajstić information content (AvgIpc) is 2.38. The van der Waals surface area contributed by atoms with Gasteiger partial charge in [0.05, 0.1) is 5.92 Å². The molecule has 90 valence electrons. The number of ether oxygens (including phenoxy) is 1. The van der Waals surface area contributed by atoms with Crippen LogP contribution in [0.1, 0.15) is 12.0 Å². The van der Waals surface area contributed by atoms with Crippen molar-refractivity contribution in [1.82, 2.24) is 5.32 Å². The fourth-order valence-corrected chi connectivity index (χ4v) is 2.96. The summed E-state index contributed by atoms with van der Waals surface area (Å²) in [5.41, 5.74) is 1.06. The molecule has 3 rings (SSSR count). The first-order valence-electron chi connectivity index (χ1n) is 6.26. The van der Waals surface area contributed by atoms with Crippen LogP contribution >= 0.6 is 0 Å². The van der Waals surface area contributed by atoms with Crippen LogP contribution in [0.3, 0.4) is 0 Å². The molecular formula is C14H17NO2. The number of hydrogen-bond acceptors (Lipinski definition) is 3. The quantitative estimate of drug-likeness (QED) is 0.803. The van der Waals surface area contributed by atoms with Crippen LogP contribution in [-0.2, 0) is 16.1 Å². The molecule has 1 N–H and O–H groups in total. The Hall–Kier alpha value is -1.35. The van der Waals surface area contributed by atoms with Crippen molar-refractivity contribution in [3.63, 3.8) is 0 Å². The Kier molecular flexibility index (Phi) is 2.85. The maximum Gasteiger partial charge on any atom is 0.309 e. The third-order valence-electron chi connectivity index (χ3n) is 3.93. The molecule has 0 aromatic heterocycles. The Morgan fingerprint density at radius 2 is 1.94 bits per heavy atom. The number of carbonyl (C=O) groups excluding carboxylic acids is 1. The minimum atomic E-state index is -0.00315. The van der Waals surface area contributed by atoms with Crippen LogP contribution in [0.4, 0.5) is 0 Å². The van der Waals surface area contributed by atoms with Gasteiger partial charge in [0, 0.05) is 0 Å². The molecule has 0 radical (unpaired) electrons. The number of rotatable bonds is 3. The molecule has 1 aliphatic heterocycles. The van der Waals surface area contributed by atoms with Crippen LogP contribution in [0, 0.1) is 17.8 Å². The molecule has 2 aliphatic rings. The molecule has 0 amide bonds. The van der Waals surface area contributed by atoms with Crippen molar-refractivity contribution in [2.45, 2.75) is 13.0 Å². The molecular weight excluding hydrogens is 214 g/mol. The van der Waals surface area contributed by atoms with E-state index in [2.05, 4.69) is 5.32 Å². The van der Waals surface area contributed by atoms with Gasteiger partial charge in [0.1, 0.15) is 6.61 Å². The van der Waals surface area contributed by atoms with Gasteiger partial charge in [-0.05, 0) is 36.9 Å². The van der Waals surface area contributed by atoms with E-state index in [0.29, 0.717) is 18.4 Å². The first-order chi connectivity index (χ1) is 8.34. The van der Waals surface area contributed by atoms with Gasteiger partial charge in [-0.15, -0.1) is 0 Å². The highest BCUT2D eigenvalue weighted by Crippen LogP contribution is 2.43. The first-order valence-corrected chi connectivity index (χ1v) is 6.26. The molecule has 1 aliphatic carbocycles. The molecule has 1 saturated carbocycles. The second-order valence-electron chi connectivity index (χ2n) is 5.03. The van der Waals surface area contributed by atoms with Crippen molar-refractivity contribution in [1.29, 1.82) is 0 Å². The highest BCUT2D eigenvalue weighted by atomic mass is 16.5. The summed E-state index contributed by atoms with van der Waals surface area (Å²) in [6.07, 6.45) is 1.19. The second kappa shape index (κ2) is 4.49. The third-order valence-corrected chi connectivity index (χ3v) is 3.93. The lowest BCUT2D eigenvalue weighted by Gasteiger charge is -2.47. The highest BCUT2D eigenvalue weighted by molar-refractivity contribution is 5.74. The van der Waals surface area contributed by atoms with E-state index in [9.17, 15) is 4.79 Å². The van der Waals surface area contributed by atoms with Crippen LogP contribution in [0.2, 0.25) is 0 Å². The van der Waals surface area contributed by atoms with Crippen molar-refractivity contribution in [2.75, 3.05) is 13.1 Å². The van der Waals surface area contributed by atoms with E-state index in [-0.39, 0.29) is 11.9 Å². The van der Waals surface area contributed by atoms with Gasteiger partial charge in [0.2, 0.25) is 0 Å². The molecule has 1 unspecified atom stereocenters. The molecule has 2 bridgehead atoms. The van der Waals surface area contributed by atoms with Crippen LogP contribution in [0.25, 0.3) is 0 Å². The van der Waals surface area contributed by atoms with E-state index in [1.54, 1.807) is 0 Å². The highest BCUT2D eigenvalue weighted by Gasteiger charge is 2.48. The van der Waals surface area contributed by atoms with Gasteiger partial charge in [-0.25, -0.2) is 0 Å². The maximum atomic E-state index is 12.0. The van der Waals surface area contributed by atoms with Gasteiger partial charge in [0.25, 0.3) is 0 Å². The zero-order chi connectivity index (χ0) is 11.7. The summed E-state index contributed by atoms with van der Waals surface area (Å²) in [4.78, 5) is 12.0. The van der Waals surface area contributed by atoms with Crippen LogP contribution in [-0.4, -0.2) is 19.1 Å². The van der Waals surface area contributed by atoms with Gasteiger partial charge in [-0.1, -0.05) is 30.3 Å². The molecule has 2 fully saturated rings. The number of piperidine rings is 2. The van der Waals surface area contributed by atoms with Crippen LogP contribution < -0.4 is 5.32 Å². The van der Waals surface area contributed by atoms with Crippen LogP contribution in [0.5, 0.6) is 0 Å². The standard InChI is InChI=1S/C14H17NO2/c16-14(13-11-6-12(13)8-15-7-11)17-9-10-4-2-1-3-5-10/h1-5,11-13,15H,6-9H2/t11-,12+,13?. The van der Waals surface area contributed by atoms with Crippen LogP contribution in [0.15, 0.2) is 30.3 Å². The van der Waals surface area contributed by atoms with Gasteiger partial charge < -0.3 is 10.1 Å². The molecule has 1 saturated heterocycles. The Morgan fingerprint density at radius 3 is 2.59 bits per heavy atom. The number of fused-ring (bicyclic) bond motifs is 2. The Balaban J connectivity index is 1.54. The van der Waals surface area contributed by atoms with Crippen molar-refractivity contribution in [3.05, 3.63) is 35.9 Å². The zero-order valence-electron chi connectivity index (χ0n) is 9.76. The minimum absolute atomic E-state index is 0.00315. The fourth-order valence-electron chi connectivity index (χ4n) is 2.96. The lowest BCUT2D eigenvalue weighted by atomic mass is 9.62. The molecule has 3 atom stereocenters. The Labute approximate surface area is 101 Å². The summed E-state index contributed by atoms with van der Waals surface area (Å²) < 4.78 is 5.40. The normalized spacial score (nSPS) is 30.5. The predicted molar refractivity (Wildman–Crippen MR) is 64.2 cm³/mol. The molecule has 3 heteroatoms. The first kappa shape index (κ1) is 10.8. The summed E-state index contributed by atoms with van der Waals surface area (Å²) in [5, 5.41) is 3.34. The molecule has 1 aromatic rings. The van der Waals surface area contributed by atoms with E-state index < -0.39 is 0 Å². The lowest BCUT2D eigenvalue weighted by molar-refractivity contribution is -0.162. The number of hydrogen-bond donors (Lipinski definition) is 1. The summed E-state index contributed by atoms with van der Waals surface area (Å²) in [6, 6.07) is 9.86. The summed E-state index contributed by atoms with van der Waals surface area (Å²) in [5.74, 6) is 1.17. The Morgan fingerprint density at radius 1 is 1.24 bits per heavy atom. The number of benzene rings is 1. The van der Waals surface area contributed by atoms with Gasteiger partial charge >= 0.3 is 5.97 Å². The number of carbonyl (C=O) groups is 1. The largest absolute Gasteiger partial charge is 0.461 e. The van der Waals surface area contributed by atoms with Crippen molar-refractivity contribution in [3.8, 4) is 0 Å². The van der Waals surface area contributed by atoms with E-state index in [0.717, 1.165) is 18.7 Å². The average molecular weight is 231 g/mol. The number of esters is 1. The lowest BCUT2D eigenvalue weighted by Crippen LogP contribution is -2.56. The van der Waals surface area contributed by atoms with Gasteiger partial charge in [-0.2, -0.15) is 0 Å². The van der Waals surface area contributed by atoms with E-state index >= 15 is 0 Å². The monoisotopic (exact) mass is 231 g/mol. The molecule has 17 heavy (non-hydrogen) atoms. The second-order valence-corrected chi connectivity index (χ2v) is 5.03. The summed E-state index contributed by atoms with van der Waals surface area (Å²) in [6.45, 7) is 2.35. The Bertz CT molecular complexity index is 390. The smallest absolute Gasteiger partial charge is 0.309 e. The van der Waals surface area contributed by atoms with E-state index in [1.165, 1.54) is 6.42 Å². The maximum absolute atomic E-state index is 12.0. The SMILES string of the molecule is O=C(OCc1ccccc1)C1[C@@H]2CNC[C@H]1C2. The van der Waals surface area contributed by atoms with Crippen molar-refractivity contribution in [2.24, 2.45) is 17.8 Å². The van der Waals surface area contributed by atoms with Gasteiger partial charge in [0.15, 0.2) is 0 Å². The van der Waals surface area contributed by atoms with Gasteiger partial charge in [-0.3, -0.25) is 4.79 Å². The van der Waals surface area contributed by atoms with E-state index in [4.69, 9.17) is 4.74 Å². The third kappa shape index (κ3) is 2.07. The summed E-state index contributed by atoms with van der Waals surface area (Å²) >= 11 is 0. The minimum Gasteiger partial charge on any atom is -0.461 e. The predicted octanol–water partition coefficient (Wildman–Crippen LogP) is 1.59. The summed E-state index contributed by atoms with van der Waals surface area (Å²) in [7, 11) is 0. The number of nitrogens with one attached hydrogen (secondary N) is 1. The molecule has 1 heterocycles. The van der Waals surface area contributed by atoms with Crippen molar-refractivity contribution < 1.29 is 9.53 Å². The fraction of sp³-hybridized carbons (Fsp3) is 0.500. The molecule has 1 aromatic carbocycles. The molecule has 3 nitrogen and oxygen atoms in total. The molecule has 0 spiro atoms. The van der Waals surface area contributed by atoms with E-state index in [1.807, 2.05) is 30.3 Å². The topological polar surface area (TPSA) is 38.3 Å². The van der Waals surface area contributed by atoms with Crippen molar-refractivity contribution >= 4 is 5.97 Å².